The van der Waals surface area contributed by atoms with E-state index in [1.807, 2.05) is 42.5 Å². The molecule has 1 aliphatic carbocycles. The highest BCUT2D eigenvalue weighted by atomic mass is 79.9. The summed E-state index contributed by atoms with van der Waals surface area (Å²) in [6.07, 6.45) is 5.84. The van der Waals surface area contributed by atoms with Gasteiger partial charge < -0.3 is 14.8 Å². The van der Waals surface area contributed by atoms with E-state index >= 15 is 0 Å². The average Bonchev–Trinajstić information content (AvgIpc) is 2.64. The summed E-state index contributed by atoms with van der Waals surface area (Å²) >= 11 is 3.49. The van der Waals surface area contributed by atoms with Gasteiger partial charge in [-0.25, -0.2) is 4.79 Å². The second kappa shape index (κ2) is 10.5. The molecule has 1 unspecified atom stereocenters. The van der Waals surface area contributed by atoms with E-state index in [1.165, 1.54) is 0 Å². The molecule has 2 rings (SSSR count). The van der Waals surface area contributed by atoms with Gasteiger partial charge in [-0.05, 0) is 50.1 Å². The van der Waals surface area contributed by atoms with Gasteiger partial charge in [0.2, 0.25) is 0 Å². The number of amides is 1. The molecule has 0 fully saturated rings. The molecule has 1 N–H and O–H groups in total. The van der Waals surface area contributed by atoms with E-state index in [-0.39, 0.29) is 19.1 Å². The van der Waals surface area contributed by atoms with Gasteiger partial charge in [-0.2, -0.15) is 0 Å². The van der Waals surface area contributed by atoms with E-state index in [1.54, 1.807) is 20.8 Å². The van der Waals surface area contributed by atoms with Gasteiger partial charge in [-0.15, -0.1) is 0 Å². The molecule has 1 aromatic rings. The van der Waals surface area contributed by atoms with Crippen LogP contribution in [0.25, 0.3) is 0 Å². The first-order chi connectivity index (χ1) is 13.2. The standard InChI is InChI=1S/C22H28BrNO4/c1-22(2,3)28-21(26)24-14-18(13-16-9-11-19(23)12-10-16)20(25)27-15-17-7-5-4-6-8-17/h4-9,11,18H,10,12-15H2,1-3H3,(H,24,26). The molecule has 0 heterocycles. The van der Waals surface area contributed by atoms with Crippen LogP contribution in [0.2, 0.25) is 0 Å². The van der Waals surface area contributed by atoms with Gasteiger partial charge in [0.25, 0.3) is 0 Å². The lowest BCUT2D eigenvalue weighted by Gasteiger charge is -2.22. The number of carbonyl (C=O) groups is 2. The van der Waals surface area contributed by atoms with Crippen LogP contribution in [0.1, 0.15) is 45.6 Å². The molecular weight excluding hydrogens is 422 g/mol. The van der Waals surface area contributed by atoms with Gasteiger partial charge >= 0.3 is 12.1 Å². The van der Waals surface area contributed by atoms with Gasteiger partial charge in [-0.3, -0.25) is 4.79 Å². The second-order valence-electron chi connectivity index (χ2n) is 7.82. The van der Waals surface area contributed by atoms with Gasteiger partial charge in [-0.1, -0.05) is 64.0 Å². The number of allylic oxidation sites excluding steroid dienone is 4. The van der Waals surface area contributed by atoms with Crippen LogP contribution in [0.15, 0.2) is 52.5 Å². The summed E-state index contributed by atoms with van der Waals surface area (Å²) in [5.74, 6) is -0.790. The van der Waals surface area contributed by atoms with E-state index in [0.29, 0.717) is 6.42 Å². The Kier molecular flexibility index (Phi) is 8.30. The van der Waals surface area contributed by atoms with Crippen molar-refractivity contribution < 1.29 is 19.1 Å². The first-order valence-corrected chi connectivity index (χ1v) is 10.2. The van der Waals surface area contributed by atoms with Crippen molar-refractivity contribution in [2.75, 3.05) is 6.54 Å². The monoisotopic (exact) mass is 449 g/mol. The summed E-state index contributed by atoms with van der Waals surface area (Å²) in [7, 11) is 0. The van der Waals surface area contributed by atoms with Crippen LogP contribution in [-0.2, 0) is 20.9 Å². The summed E-state index contributed by atoms with van der Waals surface area (Å²) in [5, 5.41) is 2.70. The molecule has 0 saturated heterocycles. The van der Waals surface area contributed by atoms with Gasteiger partial charge in [0, 0.05) is 6.54 Å². The van der Waals surface area contributed by atoms with Crippen molar-refractivity contribution in [3.05, 3.63) is 58.1 Å². The van der Waals surface area contributed by atoms with Crippen molar-refractivity contribution >= 4 is 28.0 Å². The molecular formula is C22H28BrNO4. The minimum atomic E-state index is -0.587. The molecule has 0 aromatic heterocycles. The zero-order chi connectivity index (χ0) is 20.6. The fourth-order valence-electron chi connectivity index (χ4n) is 2.75. The SMILES string of the molecule is CC(C)(C)OC(=O)NCC(CC1=CC=C(Br)CC1)C(=O)OCc1ccccc1. The maximum Gasteiger partial charge on any atom is 0.407 e. The zero-order valence-electron chi connectivity index (χ0n) is 16.7. The molecule has 6 heteroatoms. The van der Waals surface area contributed by atoms with Crippen LogP contribution < -0.4 is 5.32 Å². The molecule has 1 aromatic carbocycles. The number of hydrogen-bond acceptors (Lipinski definition) is 4. The molecule has 1 atom stereocenters. The van der Waals surface area contributed by atoms with Gasteiger partial charge in [0.1, 0.15) is 12.2 Å². The molecule has 1 amide bonds. The number of halogens is 1. The Morgan fingerprint density at radius 3 is 2.46 bits per heavy atom. The Hall–Kier alpha value is -2.08. The highest BCUT2D eigenvalue weighted by Gasteiger charge is 2.24. The molecule has 0 spiro atoms. The van der Waals surface area contributed by atoms with Crippen molar-refractivity contribution in [1.29, 1.82) is 0 Å². The maximum absolute atomic E-state index is 12.7. The Morgan fingerprint density at radius 1 is 1.14 bits per heavy atom. The Labute approximate surface area is 175 Å². The highest BCUT2D eigenvalue weighted by Crippen LogP contribution is 2.27. The number of nitrogens with one attached hydrogen (secondary N) is 1. The van der Waals surface area contributed by atoms with Crippen molar-refractivity contribution in [3.63, 3.8) is 0 Å². The largest absolute Gasteiger partial charge is 0.461 e. The summed E-state index contributed by atoms with van der Waals surface area (Å²) in [6.45, 7) is 5.79. The summed E-state index contributed by atoms with van der Waals surface area (Å²) in [6, 6.07) is 9.55. The Balaban J connectivity index is 1.98. The topological polar surface area (TPSA) is 64.6 Å². The Morgan fingerprint density at radius 2 is 1.86 bits per heavy atom. The van der Waals surface area contributed by atoms with Crippen LogP contribution in [0.3, 0.4) is 0 Å². The Bertz CT molecular complexity index is 735. The third-order valence-electron chi connectivity index (χ3n) is 4.14. The van der Waals surface area contributed by atoms with Gasteiger partial charge in [0.05, 0.1) is 5.92 Å². The molecule has 5 nitrogen and oxygen atoms in total. The predicted molar refractivity (Wildman–Crippen MR) is 113 cm³/mol. The molecule has 0 aliphatic heterocycles. The number of rotatable bonds is 7. The van der Waals surface area contributed by atoms with Crippen molar-refractivity contribution in [1.82, 2.24) is 5.32 Å². The number of hydrogen-bond donors (Lipinski definition) is 1. The molecule has 152 valence electrons. The summed E-state index contributed by atoms with van der Waals surface area (Å²) in [5.41, 5.74) is 1.51. The lowest BCUT2D eigenvalue weighted by atomic mass is 9.93. The highest BCUT2D eigenvalue weighted by molar-refractivity contribution is 9.11. The van der Waals surface area contributed by atoms with E-state index < -0.39 is 17.6 Å². The first kappa shape index (κ1) is 22.2. The minimum absolute atomic E-state index is 0.171. The van der Waals surface area contributed by atoms with Crippen molar-refractivity contribution in [3.8, 4) is 0 Å². The number of esters is 1. The third kappa shape index (κ3) is 8.30. The number of ether oxygens (including phenoxy) is 2. The van der Waals surface area contributed by atoms with E-state index in [4.69, 9.17) is 9.47 Å². The van der Waals surface area contributed by atoms with Crippen LogP contribution in [0.5, 0.6) is 0 Å². The quantitative estimate of drug-likeness (QED) is 0.576. The van der Waals surface area contributed by atoms with Crippen LogP contribution in [-0.4, -0.2) is 24.2 Å². The first-order valence-electron chi connectivity index (χ1n) is 9.44. The molecule has 0 radical (unpaired) electrons. The molecule has 1 aliphatic rings. The van der Waals surface area contributed by atoms with Crippen molar-refractivity contribution in [2.24, 2.45) is 5.92 Å². The summed E-state index contributed by atoms with van der Waals surface area (Å²) in [4.78, 5) is 24.7. The molecule has 0 bridgehead atoms. The number of benzene rings is 1. The minimum Gasteiger partial charge on any atom is -0.461 e. The smallest absolute Gasteiger partial charge is 0.407 e. The average molecular weight is 450 g/mol. The van der Waals surface area contributed by atoms with Gasteiger partial charge in [0.15, 0.2) is 0 Å². The molecule has 0 saturated carbocycles. The number of carbonyl (C=O) groups excluding carboxylic acids is 2. The second-order valence-corrected chi connectivity index (χ2v) is 8.83. The van der Waals surface area contributed by atoms with E-state index in [0.717, 1.165) is 28.5 Å². The zero-order valence-corrected chi connectivity index (χ0v) is 18.3. The van der Waals surface area contributed by atoms with E-state index in [9.17, 15) is 9.59 Å². The van der Waals surface area contributed by atoms with Crippen molar-refractivity contribution in [2.45, 2.75) is 52.2 Å². The molecule has 28 heavy (non-hydrogen) atoms. The van der Waals surface area contributed by atoms with Crippen LogP contribution in [0, 0.1) is 5.92 Å². The summed E-state index contributed by atoms with van der Waals surface area (Å²) < 4.78 is 11.9. The lowest BCUT2D eigenvalue weighted by Crippen LogP contribution is -2.37. The normalized spacial score (nSPS) is 15.1. The van der Waals surface area contributed by atoms with Crippen LogP contribution in [0.4, 0.5) is 4.79 Å². The third-order valence-corrected chi connectivity index (χ3v) is 4.80. The predicted octanol–water partition coefficient (Wildman–Crippen LogP) is 5.26. The maximum atomic E-state index is 12.7. The number of alkyl carbamates (subject to hydrolysis) is 1. The fraction of sp³-hybridized carbons (Fsp3) is 0.455. The lowest BCUT2D eigenvalue weighted by molar-refractivity contribution is -0.149. The van der Waals surface area contributed by atoms with E-state index in [2.05, 4.69) is 21.2 Å². The fourth-order valence-corrected chi connectivity index (χ4v) is 3.08. The van der Waals surface area contributed by atoms with Crippen LogP contribution >= 0.6 is 15.9 Å².